The summed E-state index contributed by atoms with van der Waals surface area (Å²) in [7, 11) is 0. The number of rotatable bonds is 3. The van der Waals surface area contributed by atoms with Gasteiger partial charge in [-0.15, -0.1) is 0 Å². The summed E-state index contributed by atoms with van der Waals surface area (Å²) in [5.41, 5.74) is 1.87. The van der Waals surface area contributed by atoms with E-state index in [2.05, 4.69) is 16.7 Å². The van der Waals surface area contributed by atoms with Crippen LogP contribution in [0, 0.1) is 18.3 Å². The molecule has 0 radical (unpaired) electrons. The van der Waals surface area contributed by atoms with Crippen LogP contribution in [0.5, 0.6) is 0 Å². The Morgan fingerprint density at radius 3 is 2.50 bits per heavy atom. The third-order valence-electron chi connectivity index (χ3n) is 7.15. The van der Waals surface area contributed by atoms with Crippen molar-refractivity contribution in [3.8, 4) is 6.07 Å². The van der Waals surface area contributed by atoms with Crippen molar-refractivity contribution < 1.29 is 13.2 Å². The van der Waals surface area contributed by atoms with Crippen molar-refractivity contribution in [2.75, 3.05) is 6.54 Å². The second kappa shape index (κ2) is 6.66. The normalized spacial score (nSPS) is 21.2. The lowest BCUT2D eigenvalue weighted by Gasteiger charge is -2.53. The molecule has 2 aromatic rings. The van der Waals surface area contributed by atoms with Gasteiger partial charge in [-0.25, -0.2) is 0 Å². The van der Waals surface area contributed by atoms with Crippen LogP contribution in [0.4, 0.5) is 13.2 Å². The topological polar surface area (TPSA) is 32.0 Å². The van der Waals surface area contributed by atoms with Gasteiger partial charge in [-0.1, -0.05) is 24.3 Å². The molecule has 0 amide bonds. The van der Waals surface area contributed by atoms with E-state index in [1.165, 1.54) is 4.90 Å². The second-order valence-electron chi connectivity index (χ2n) is 8.78. The number of hydrogen-bond acceptors (Lipinski definition) is 2. The monoisotopic (exact) mass is 411 g/mol. The fraction of sp³-hybridized carbons (Fsp3) is 0.458. The summed E-state index contributed by atoms with van der Waals surface area (Å²) in [5, 5.41) is 10.9. The zero-order chi connectivity index (χ0) is 21.1. The van der Waals surface area contributed by atoms with Crippen molar-refractivity contribution in [3.05, 3.63) is 53.2 Å². The number of aromatic nitrogens is 1. The van der Waals surface area contributed by atoms with Crippen LogP contribution in [0.1, 0.15) is 61.4 Å². The van der Waals surface area contributed by atoms with Crippen LogP contribution in [0.25, 0.3) is 16.6 Å². The quantitative estimate of drug-likeness (QED) is 0.598. The van der Waals surface area contributed by atoms with E-state index in [4.69, 9.17) is 0 Å². The molecule has 0 saturated heterocycles. The molecule has 2 saturated carbocycles. The molecular formula is C24H24F3N3. The summed E-state index contributed by atoms with van der Waals surface area (Å²) in [6.07, 6.45) is 4.92. The lowest BCUT2D eigenvalue weighted by atomic mass is 9.73. The Labute approximate surface area is 174 Å². The van der Waals surface area contributed by atoms with Gasteiger partial charge in [0.15, 0.2) is 0 Å². The maximum absolute atomic E-state index is 14.2. The van der Waals surface area contributed by atoms with Crippen molar-refractivity contribution in [2.24, 2.45) is 0 Å². The largest absolute Gasteiger partial charge is 0.411 e. The molecule has 0 unspecified atom stereocenters. The number of nitrogens with zero attached hydrogens (tertiary/aromatic N) is 3. The van der Waals surface area contributed by atoms with Gasteiger partial charge in [-0.3, -0.25) is 0 Å². The van der Waals surface area contributed by atoms with Crippen molar-refractivity contribution in [1.82, 2.24) is 9.47 Å². The first-order valence-electron chi connectivity index (χ1n) is 10.6. The first kappa shape index (κ1) is 19.3. The zero-order valence-corrected chi connectivity index (χ0v) is 17.0. The summed E-state index contributed by atoms with van der Waals surface area (Å²) < 4.78 is 44.9. The molecule has 5 rings (SSSR count). The number of aryl methyl sites for hydroxylation is 1. The Morgan fingerprint density at radius 1 is 1.17 bits per heavy atom. The number of hydrogen-bond donors (Lipinski definition) is 0. The van der Waals surface area contributed by atoms with Crippen LogP contribution in [0.2, 0.25) is 0 Å². The highest BCUT2D eigenvalue weighted by Gasteiger charge is 2.62. The Bertz CT molecular complexity index is 1110. The minimum atomic E-state index is -4.31. The Kier molecular flexibility index (Phi) is 4.29. The molecular weight excluding hydrogens is 387 g/mol. The van der Waals surface area contributed by atoms with E-state index in [0.29, 0.717) is 23.4 Å². The molecule has 1 aromatic carbocycles. The average molecular weight is 411 g/mol. The first-order valence-corrected chi connectivity index (χ1v) is 10.6. The molecule has 1 aromatic heterocycles. The SMILES string of the molecule is Cc1ccc2c(C#N)c(C3=CC=CCN3C3(C(F)(F)F)CCC3)n(C3CCC3)c2c1. The van der Waals surface area contributed by atoms with Gasteiger partial charge in [-0.2, -0.15) is 18.4 Å². The van der Waals surface area contributed by atoms with Gasteiger partial charge in [0.25, 0.3) is 0 Å². The standard InChI is InChI=1S/C24H24F3N3/c1-16-9-10-18-19(15-28)22(30(21(18)14-16)17-6-4-7-17)20-8-2-3-13-29(20)23(11-5-12-23)24(25,26)27/h2-3,8-10,14,17H,4-7,11-13H2,1H3. The molecule has 2 aliphatic carbocycles. The van der Waals surface area contributed by atoms with Crippen LogP contribution >= 0.6 is 0 Å². The van der Waals surface area contributed by atoms with Crippen LogP contribution in [0.15, 0.2) is 36.4 Å². The van der Waals surface area contributed by atoms with E-state index in [9.17, 15) is 18.4 Å². The first-order chi connectivity index (χ1) is 14.4. The molecule has 1 aliphatic heterocycles. The second-order valence-corrected chi connectivity index (χ2v) is 8.78. The Hall–Kier alpha value is -2.68. The molecule has 0 N–H and O–H groups in total. The molecule has 0 atom stereocenters. The highest BCUT2D eigenvalue weighted by Crippen LogP contribution is 2.53. The van der Waals surface area contributed by atoms with Crippen LogP contribution < -0.4 is 0 Å². The lowest BCUT2D eigenvalue weighted by molar-refractivity contribution is -0.245. The fourth-order valence-corrected chi connectivity index (χ4v) is 5.15. The van der Waals surface area contributed by atoms with Gasteiger partial charge < -0.3 is 9.47 Å². The molecule has 2 heterocycles. The van der Waals surface area contributed by atoms with Crippen molar-refractivity contribution in [2.45, 2.75) is 63.2 Å². The number of alkyl halides is 3. The number of nitriles is 1. The third kappa shape index (κ3) is 2.57. The van der Waals surface area contributed by atoms with Gasteiger partial charge >= 0.3 is 6.18 Å². The van der Waals surface area contributed by atoms with Gasteiger partial charge in [0.05, 0.1) is 22.5 Å². The summed E-state index contributed by atoms with van der Waals surface area (Å²) >= 11 is 0. The van der Waals surface area contributed by atoms with Gasteiger partial charge in [0.1, 0.15) is 11.6 Å². The average Bonchev–Trinajstić information content (AvgIpc) is 2.92. The molecule has 3 aliphatic rings. The van der Waals surface area contributed by atoms with Gasteiger partial charge in [0, 0.05) is 18.0 Å². The van der Waals surface area contributed by atoms with Crippen molar-refractivity contribution in [3.63, 3.8) is 0 Å². The predicted octanol–water partition coefficient (Wildman–Crippen LogP) is 6.24. The highest BCUT2D eigenvalue weighted by atomic mass is 19.4. The summed E-state index contributed by atoms with van der Waals surface area (Å²) in [6.45, 7) is 2.21. The molecule has 2 fully saturated rings. The molecule has 3 nitrogen and oxygen atoms in total. The van der Waals surface area contributed by atoms with E-state index >= 15 is 0 Å². The lowest BCUT2D eigenvalue weighted by Crippen LogP contribution is -2.62. The number of fused-ring (bicyclic) bond motifs is 1. The smallest absolute Gasteiger partial charge is 0.352 e. The maximum atomic E-state index is 14.2. The molecule has 156 valence electrons. The van der Waals surface area contributed by atoms with Crippen LogP contribution in [-0.2, 0) is 0 Å². The molecule has 30 heavy (non-hydrogen) atoms. The highest BCUT2D eigenvalue weighted by molar-refractivity contribution is 5.93. The summed E-state index contributed by atoms with van der Waals surface area (Å²) in [6, 6.07) is 8.52. The molecule has 6 heteroatoms. The van der Waals surface area contributed by atoms with E-state index < -0.39 is 11.7 Å². The predicted molar refractivity (Wildman–Crippen MR) is 111 cm³/mol. The number of allylic oxidation sites excluding steroid dienone is 2. The minimum Gasteiger partial charge on any atom is -0.352 e. The maximum Gasteiger partial charge on any atom is 0.411 e. The molecule has 0 spiro atoms. The summed E-state index contributed by atoms with van der Waals surface area (Å²) in [4.78, 5) is 1.52. The number of halogens is 3. The van der Waals surface area contributed by atoms with Crippen LogP contribution in [-0.4, -0.2) is 27.7 Å². The minimum absolute atomic E-state index is 0.104. The van der Waals surface area contributed by atoms with E-state index in [1.807, 2.05) is 25.1 Å². The number of benzene rings is 1. The fourth-order valence-electron chi connectivity index (χ4n) is 5.15. The van der Waals surface area contributed by atoms with Gasteiger partial charge in [0.2, 0.25) is 0 Å². The Morgan fingerprint density at radius 2 is 1.93 bits per heavy atom. The molecule has 0 bridgehead atoms. The Balaban J connectivity index is 1.76. The zero-order valence-electron chi connectivity index (χ0n) is 17.0. The van der Waals surface area contributed by atoms with Crippen molar-refractivity contribution in [1.29, 1.82) is 5.26 Å². The van der Waals surface area contributed by atoms with Crippen LogP contribution in [0.3, 0.4) is 0 Å². The summed E-state index contributed by atoms with van der Waals surface area (Å²) in [5.74, 6) is 0. The van der Waals surface area contributed by atoms with E-state index in [1.54, 1.807) is 12.2 Å². The van der Waals surface area contributed by atoms with E-state index in [0.717, 1.165) is 35.7 Å². The van der Waals surface area contributed by atoms with Gasteiger partial charge in [-0.05, 0) is 63.2 Å². The van der Waals surface area contributed by atoms with E-state index in [-0.39, 0.29) is 25.4 Å². The third-order valence-corrected chi connectivity index (χ3v) is 7.15. The van der Waals surface area contributed by atoms with Crippen molar-refractivity contribution >= 4 is 16.6 Å².